The summed E-state index contributed by atoms with van der Waals surface area (Å²) in [5.41, 5.74) is 0.755. The highest BCUT2D eigenvalue weighted by atomic mass is 35.5. The molecule has 1 rings (SSSR count). The molecule has 1 unspecified atom stereocenters. The Labute approximate surface area is 110 Å². The molecule has 5 heteroatoms. The molecule has 0 saturated carbocycles. The number of amides is 2. The molecular weight excluding hydrogens is 259 g/mol. The molecule has 0 radical (unpaired) electrons. The van der Waals surface area contributed by atoms with E-state index < -0.39 is 0 Å². The lowest BCUT2D eigenvalue weighted by Gasteiger charge is -2.05. The molecule has 0 aromatic heterocycles. The number of carbonyl (C=O) groups excluding carboxylic acids is 1. The van der Waals surface area contributed by atoms with Gasteiger partial charge in [-0.1, -0.05) is 35.0 Å². The molecule has 2 N–H and O–H groups in total. The van der Waals surface area contributed by atoms with E-state index in [9.17, 15) is 4.79 Å². The van der Waals surface area contributed by atoms with Gasteiger partial charge in [0.25, 0.3) is 0 Å². The van der Waals surface area contributed by atoms with Crippen LogP contribution in [0.15, 0.2) is 18.2 Å². The molecule has 0 heterocycles. The van der Waals surface area contributed by atoms with Crippen LogP contribution in [0.25, 0.3) is 0 Å². The third kappa shape index (κ3) is 4.56. The van der Waals surface area contributed by atoms with Crippen LogP contribution in [0.3, 0.4) is 0 Å². The minimum atomic E-state index is -0.263. The summed E-state index contributed by atoms with van der Waals surface area (Å²) in [5, 5.41) is 6.05. The first kappa shape index (κ1) is 13.7. The van der Waals surface area contributed by atoms with Crippen molar-refractivity contribution in [3.8, 4) is 11.8 Å². The SMILES string of the molecule is CNC(=O)NC(C)C#Cc1ccc(Cl)c(Cl)c1. The van der Waals surface area contributed by atoms with E-state index in [1.165, 1.54) is 0 Å². The van der Waals surface area contributed by atoms with Crippen molar-refractivity contribution in [2.45, 2.75) is 13.0 Å². The third-order valence-corrected chi connectivity index (χ3v) is 2.67. The number of urea groups is 1. The maximum atomic E-state index is 11.0. The smallest absolute Gasteiger partial charge is 0.315 e. The predicted molar refractivity (Wildman–Crippen MR) is 70.4 cm³/mol. The van der Waals surface area contributed by atoms with Gasteiger partial charge in [0, 0.05) is 12.6 Å². The molecule has 0 saturated heterocycles. The van der Waals surface area contributed by atoms with E-state index in [2.05, 4.69) is 22.5 Å². The largest absolute Gasteiger partial charge is 0.341 e. The van der Waals surface area contributed by atoms with Crippen molar-refractivity contribution in [3.63, 3.8) is 0 Å². The summed E-state index contributed by atoms with van der Waals surface area (Å²) in [4.78, 5) is 11.0. The van der Waals surface area contributed by atoms with Gasteiger partial charge in [-0.2, -0.15) is 0 Å². The summed E-state index contributed by atoms with van der Waals surface area (Å²) in [6.45, 7) is 1.79. The second-order valence-electron chi connectivity index (χ2n) is 3.34. The summed E-state index contributed by atoms with van der Waals surface area (Å²) in [6.07, 6.45) is 0. The topological polar surface area (TPSA) is 41.1 Å². The van der Waals surface area contributed by atoms with Crippen LogP contribution < -0.4 is 10.6 Å². The Balaban J connectivity index is 2.71. The normalized spacial score (nSPS) is 11.1. The zero-order valence-corrected chi connectivity index (χ0v) is 11.0. The molecule has 1 atom stereocenters. The van der Waals surface area contributed by atoms with E-state index in [4.69, 9.17) is 23.2 Å². The van der Waals surface area contributed by atoms with Gasteiger partial charge in [-0.25, -0.2) is 4.79 Å². The van der Waals surface area contributed by atoms with Crippen LogP contribution in [0, 0.1) is 11.8 Å². The lowest BCUT2D eigenvalue weighted by Crippen LogP contribution is -2.38. The number of hydrogen-bond acceptors (Lipinski definition) is 1. The molecule has 0 aliphatic heterocycles. The van der Waals surface area contributed by atoms with Crippen molar-refractivity contribution in [1.82, 2.24) is 10.6 Å². The Morgan fingerprint density at radius 3 is 2.65 bits per heavy atom. The highest BCUT2D eigenvalue weighted by Gasteiger charge is 2.01. The van der Waals surface area contributed by atoms with Gasteiger partial charge in [-0.3, -0.25) is 0 Å². The second kappa shape index (κ2) is 6.39. The molecule has 0 aliphatic carbocycles. The molecule has 1 aromatic carbocycles. The van der Waals surface area contributed by atoms with E-state index in [0.717, 1.165) is 5.56 Å². The second-order valence-corrected chi connectivity index (χ2v) is 4.16. The summed E-state index contributed by atoms with van der Waals surface area (Å²) in [5.74, 6) is 5.79. The van der Waals surface area contributed by atoms with Crippen LogP contribution in [0.1, 0.15) is 12.5 Å². The lowest BCUT2D eigenvalue weighted by molar-refractivity contribution is 0.242. The minimum absolute atomic E-state index is 0.246. The third-order valence-electron chi connectivity index (χ3n) is 1.93. The fourth-order valence-corrected chi connectivity index (χ4v) is 1.37. The van der Waals surface area contributed by atoms with Crippen molar-refractivity contribution in [2.24, 2.45) is 0 Å². The predicted octanol–water partition coefficient (Wildman–Crippen LogP) is 2.66. The molecule has 1 aromatic rings. The van der Waals surface area contributed by atoms with Crippen LogP contribution in [-0.4, -0.2) is 19.1 Å². The highest BCUT2D eigenvalue weighted by molar-refractivity contribution is 6.42. The summed E-state index contributed by atoms with van der Waals surface area (Å²) >= 11 is 11.6. The van der Waals surface area contributed by atoms with Crippen LogP contribution in [0.4, 0.5) is 4.79 Å². The molecule has 17 heavy (non-hydrogen) atoms. The molecule has 2 amide bonds. The Hall–Kier alpha value is -1.37. The number of rotatable bonds is 1. The van der Waals surface area contributed by atoms with Gasteiger partial charge in [-0.05, 0) is 25.1 Å². The molecule has 0 aliphatic rings. The van der Waals surface area contributed by atoms with E-state index in [1.807, 2.05) is 0 Å². The molecule has 90 valence electrons. The number of halogens is 2. The molecule has 0 fully saturated rings. The Bertz CT molecular complexity index is 477. The van der Waals surface area contributed by atoms with Crippen molar-refractivity contribution in [2.75, 3.05) is 7.05 Å². The fraction of sp³-hybridized carbons (Fsp3) is 0.250. The summed E-state index contributed by atoms with van der Waals surface area (Å²) in [7, 11) is 1.55. The van der Waals surface area contributed by atoms with Gasteiger partial charge in [0.1, 0.15) is 0 Å². The van der Waals surface area contributed by atoms with Crippen molar-refractivity contribution in [1.29, 1.82) is 0 Å². The molecule has 0 bridgehead atoms. The van der Waals surface area contributed by atoms with Crippen LogP contribution in [0.5, 0.6) is 0 Å². The van der Waals surface area contributed by atoms with E-state index >= 15 is 0 Å². The maximum Gasteiger partial charge on any atom is 0.315 e. The first-order valence-corrected chi connectivity index (χ1v) is 5.73. The Kier molecular flexibility index (Phi) is 5.14. The number of nitrogens with one attached hydrogen (secondary N) is 2. The quantitative estimate of drug-likeness (QED) is 0.757. The Morgan fingerprint density at radius 2 is 2.06 bits per heavy atom. The fourth-order valence-electron chi connectivity index (χ4n) is 1.07. The molecule has 3 nitrogen and oxygen atoms in total. The van der Waals surface area contributed by atoms with E-state index in [-0.39, 0.29) is 12.1 Å². The van der Waals surface area contributed by atoms with Gasteiger partial charge in [-0.15, -0.1) is 0 Å². The molecule has 0 spiro atoms. The Morgan fingerprint density at radius 1 is 1.35 bits per heavy atom. The highest BCUT2D eigenvalue weighted by Crippen LogP contribution is 2.21. The summed E-state index contributed by atoms with van der Waals surface area (Å²) in [6, 6.07) is 4.63. The van der Waals surface area contributed by atoms with Crippen molar-refractivity contribution >= 4 is 29.2 Å². The standard InChI is InChI=1S/C12H12Cl2N2O/c1-8(16-12(17)15-2)3-4-9-5-6-10(13)11(14)7-9/h5-8H,1-2H3,(H2,15,16,17). The van der Waals surface area contributed by atoms with Crippen molar-refractivity contribution in [3.05, 3.63) is 33.8 Å². The first-order chi connectivity index (χ1) is 8.02. The number of hydrogen-bond donors (Lipinski definition) is 2. The maximum absolute atomic E-state index is 11.0. The van der Waals surface area contributed by atoms with E-state index in [1.54, 1.807) is 32.2 Å². The molecular formula is C12H12Cl2N2O. The summed E-state index contributed by atoms with van der Waals surface area (Å²) < 4.78 is 0. The minimum Gasteiger partial charge on any atom is -0.341 e. The zero-order chi connectivity index (χ0) is 12.8. The van der Waals surface area contributed by atoms with Gasteiger partial charge >= 0.3 is 6.03 Å². The van der Waals surface area contributed by atoms with Gasteiger partial charge in [0.05, 0.1) is 16.1 Å². The van der Waals surface area contributed by atoms with Gasteiger partial charge in [0.15, 0.2) is 0 Å². The average Bonchev–Trinajstić information content (AvgIpc) is 2.30. The van der Waals surface area contributed by atoms with E-state index in [0.29, 0.717) is 10.0 Å². The van der Waals surface area contributed by atoms with Gasteiger partial charge < -0.3 is 10.6 Å². The van der Waals surface area contributed by atoms with Crippen LogP contribution in [-0.2, 0) is 0 Å². The number of benzene rings is 1. The lowest BCUT2D eigenvalue weighted by atomic mass is 10.2. The number of carbonyl (C=O) groups is 1. The van der Waals surface area contributed by atoms with Crippen LogP contribution >= 0.6 is 23.2 Å². The zero-order valence-electron chi connectivity index (χ0n) is 9.47. The average molecular weight is 271 g/mol. The monoisotopic (exact) mass is 270 g/mol. The van der Waals surface area contributed by atoms with Gasteiger partial charge in [0.2, 0.25) is 0 Å². The first-order valence-electron chi connectivity index (χ1n) is 4.97. The van der Waals surface area contributed by atoms with Crippen molar-refractivity contribution < 1.29 is 4.79 Å². The van der Waals surface area contributed by atoms with Crippen LogP contribution in [0.2, 0.25) is 10.0 Å².